The molecule has 0 aliphatic carbocycles. The zero-order valence-corrected chi connectivity index (χ0v) is 18.2. The lowest BCUT2D eigenvalue weighted by Crippen LogP contribution is -2.56. The minimum Gasteiger partial charge on any atom is -0.368 e. The number of nitrogens with one attached hydrogen (secondary N) is 1. The first-order chi connectivity index (χ1) is 14.1. The molecule has 9 nitrogen and oxygen atoms in total. The molecule has 1 spiro atoms. The molecular weight excluding hydrogens is 382 g/mol. The predicted octanol–water partition coefficient (Wildman–Crippen LogP) is 1.97. The van der Waals surface area contributed by atoms with Crippen molar-refractivity contribution in [3.05, 3.63) is 18.0 Å². The number of imide groups is 1. The molecule has 0 aromatic carbocycles. The van der Waals surface area contributed by atoms with Crippen LogP contribution in [0.1, 0.15) is 46.2 Å². The monoisotopic (exact) mass is 413 g/mol. The molecular formula is C21H31N7O2. The van der Waals surface area contributed by atoms with Gasteiger partial charge < -0.3 is 15.2 Å². The number of likely N-dealkylation sites (N-methyl/N-ethyl adjacent to an activating group) is 1. The number of urea groups is 1. The van der Waals surface area contributed by atoms with Crippen molar-refractivity contribution in [2.24, 2.45) is 5.41 Å². The van der Waals surface area contributed by atoms with Crippen LogP contribution in [0.5, 0.6) is 0 Å². The standard InChI is InChI=1S/C21H31N7O2/c1-5-28-19(30)25-17(29)21(28)6-8-26(9-7-21)12-15-10-14-11-23-18(22)24-16(14)27(15)13-20(2,3)4/h10-11H,5-9,12-13H2,1-4H3,(H2,22,23,24)(H,25,29,30). The Balaban J connectivity index is 1.56. The van der Waals surface area contributed by atoms with Gasteiger partial charge in [0.15, 0.2) is 0 Å². The minimum atomic E-state index is -0.694. The van der Waals surface area contributed by atoms with Crippen molar-refractivity contribution in [1.29, 1.82) is 0 Å². The van der Waals surface area contributed by atoms with Crippen molar-refractivity contribution in [3.8, 4) is 0 Å². The zero-order chi connectivity index (χ0) is 21.7. The van der Waals surface area contributed by atoms with Crippen LogP contribution in [-0.2, 0) is 17.9 Å². The molecule has 9 heteroatoms. The maximum Gasteiger partial charge on any atom is 0.325 e. The molecule has 4 rings (SSSR count). The number of amides is 3. The molecule has 0 saturated carbocycles. The lowest BCUT2D eigenvalue weighted by Gasteiger charge is -2.42. The number of carbonyl (C=O) groups excluding carboxylic acids is 2. The molecule has 2 aromatic heterocycles. The summed E-state index contributed by atoms with van der Waals surface area (Å²) in [6, 6.07) is 1.87. The summed E-state index contributed by atoms with van der Waals surface area (Å²) >= 11 is 0. The Morgan fingerprint density at radius 3 is 2.57 bits per heavy atom. The average Bonchev–Trinajstić information content (AvgIpc) is 3.10. The summed E-state index contributed by atoms with van der Waals surface area (Å²) in [5.41, 5.74) is 7.26. The first-order valence-electron chi connectivity index (χ1n) is 10.6. The number of aromatic nitrogens is 3. The third kappa shape index (κ3) is 3.51. The van der Waals surface area contributed by atoms with E-state index < -0.39 is 5.54 Å². The molecule has 0 unspecified atom stereocenters. The van der Waals surface area contributed by atoms with Gasteiger partial charge in [0, 0.05) is 50.0 Å². The highest BCUT2D eigenvalue weighted by atomic mass is 16.2. The fourth-order valence-electron chi connectivity index (χ4n) is 4.74. The third-order valence-electron chi connectivity index (χ3n) is 6.16. The highest BCUT2D eigenvalue weighted by Gasteiger charge is 2.53. The van der Waals surface area contributed by atoms with Crippen LogP contribution in [0, 0.1) is 5.41 Å². The summed E-state index contributed by atoms with van der Waals surface area (Å²) in [4.78, 5) is 37.3. The summed E-state index contributed by atoms with van der Waals surface area (Å²) < 4.78 is 2.24. The first-order valence-corrected chi connectivity index (χ1v) is 10.6. The first kappa shape index (κ1) is 20.6. The number of nitrogen functional groups attached to an aromatic ring is 1. The SMILES string of the molecule is CCN1C(=O)NC(=O)C12CCN(Cc1cc3cnc(N)nc3n1CC(C)(C)C)CC2. The van der Waals surface area contributed by atoms with Gasteiger partial charge in [-0.05, 0) is 31.2 Å². The molecule has 4 heterocycles. The van der Waals surface area contributed by atoms with Crippen molar-refractivity contribution in [2.45, 2.75) is 59.2 Å². The Hall–Kier alpha value is -2.68. The number of carbonyl (C=O) groups is 2. The molecule has 0 radical (unpaired) electrons. The quantitative estimate of drug-likeness (QED) is 0.742. The van der Waals surface area contributed by atoms with Gasteiger partial charge in [-0.25, -0.2) is 9.78 Å². The second-order valence-electron chi connectivity index (χ2n) is 9.60. The van der Waals surface area contributed by atoms with Crippen molar-refractivity contribution in [2.75, 3.05) is 25.4 Å². The number of fused-ring (bicyclic) bond motifs is 1. The van der Waals surface area contributed by atoms with Gasteiger partial charge in [0.25, 0.3) is 5.91 Å². The molecule has 3 amide bonds. The van der Waals surface area contributed by atoms with E-state index in [1.807, 2.05) is 6.92 Å². The number of hydrogen-bond acceptors (Lipinski definition) is 6. The molecule has 3 N–H and O–H groups in total. The maximum atomic E-state index is 12.5. The smallest absolute Gasteiger partial charge is 0.325 e. The Morgan fingerprint density at radius 2 is 1.93 bits per heavy atom. The Labute approximate surface area is 176 Å². The van der Waals surface area contributed by atoms with Gasteiger partial charge in [-0.1, -0.05) is 20.8 Å². The highest BCUT2D eigenvalue weighted by molar-refractivity contribution is 6.07. The molecule has 0 bridgehead atoms. The molecule has 0 atom stereocenters. The normalized spacial score (nSPS) is 19.8. The largest absolute Gasteiger partial charge is 0.368 e. The third-order valence-corrected chi connectivity index (χ3v) is 6.16. The lowest BCUT2D eigenvalue weighted by atomic mass is 9.86. The van der Waals surface area contributed by atoms with E-state index in [4.69, 9.17) is 5.73 Å². The van der Waals surface area contributed by atoms with Crippen molar-refractivity contribution < 1.29 is 9.59 Å². The van der Waals surface area contributed by atoms with Gasteiger partial charge in [-0.15, -0.1) is 0 Å². The molecule has 2 aliphatic rings. The van der Waals surface area contributed by atoms with E-state index in [9.17, 15) is 9.59 Å². The van der Waals surface area contributed by atoms with Gasteiger partial charge in [0.05, 0.1) is 0 Å². The Kier molecular flexibility index (Phi) is 4.96. The van der Waals surface area contributed by atoms with E-state index in [1.165, 1.54) is 0 Å². The van der Waals surface area contributed by atoms with E-state index in [2.05, 4.69) is 51.6 Å². The van der Waals surface area contributed by atoms with E-state index in [0.29, 0.717) is 19.4 Å². The highest BCUT2D eigenvalue weighted by Crippen LogP contribution is 2.34. The van der Waals surface area contributed by atoms with Crippen molar-refractivity contribution in [3.63, 3.8) is 0 Å². The number of nitrogens with two attached hydrogens (primary N) is 1. The number of rotatable bonds is 4. The van der Waals surface area contributed by atoms with Crippen LogP contribution in [0.2, 0.25) is 0 Å². The van der Waals surface area contributed by atoms with Crippen LogP contribution in [0.3, 0.4) is 0 Å². The van der Waals surface area contributed by atoms with Gasteiger partial charge in [-0.3, -0.25) is 15.0 Å². The van der Waals surface area contributed by atoms with Crippen LogP contribution in [-0.4, -0.2) is 61.4 Å². The second-order valence-corrected chi connectivity index (χ2v) is 9.60. The molecule has 2 aromatic rings. The molecule has 162 valence electrons. The molecule has 2 fully saturated rings. The molecule has 2 aliphatic heterocycles. The van der Waals surface area contributed by atoms with Crippen molar-refractivity contribution >= 4 is 28.9 Å². The number of nitrogens with zero attached hydrogens (tertiary/aromatic N) is 5. The number of likely N-dealkylation sites (tertiary alicyclic amines) is 1. The van der Waals surface area contributed by atoms with Crippen LogP contribution >= 0.6 is 0 Å². The fraction of sp³-hybridized carbons (Fsp3) is 0.619. The lowest BCUT2D eigenvalue weighted by molar-refractivity contribution is -0.129. The van der Waals surface area contributed by atoms with Crippen LogP contribution in [0.25, 0.3) is 11.0 Å². The average molecular weight is 414 g/mol. The Morgan fingerprint density at radius 1 is 1.23 bits per heavy atom. The summed E-state index contributed by atoms with van der Waals surface area (Å²) in [5.74, 6) is 0.125. The van der Waals surface area contributed by atoms with Gasteiger partial charge >= 0.3 is 6.03 Å². The number of hydrogen-bond donors (Lipinski definition) is 2. The molecule has 30 heavy (non-hydrogen) atoms. The number of piperidine rings is 1. The minimum absolute atomic E-state index is 0.0797. The van der Waals surface area contributed by atoms with E-state index in [-0.39, 0.29) is 23.3 Å². The van der Waals surface area contributed by atoms with Crippen LogP contribution in [0.15, 0.2) is 12.3 Å². The maximum absolute atomic E-state index is 12.5. The van der Waals surface area contributed by atoms with Crippen LogP contribution < -0.4 is 11.1 Å². The van der Waals surface area contributed by atoms with Crippen molar-refractivity contribution in [1.82, 2.24) is 29.7 Å². The summed E-state index contributed by atoms with van der Waals surface area (Å²) in [6.07, 6.45) is 3.06. The topological polar surface area (TPSA) is 109 Å². The van der Waals surface area contributed by atoms with Gasteiger partial charge in [0.2, 0.25) is 5.95 Å². The molecule has 2 saturated heterocycles. The predicted molar refractivity (Wildman–Crippen MR) is 115 cm³/mol. The Bertz CT molecular complexity index is 983. The van der Waals surface area contributed by atoms with E-state index in [0.717, 1.165) is 42.9 Å². The number of anilines is 1. The summed E-state index contributed by atoms with van der Waals surface area (Å²) in [6.45, 7) is 12.1. The van der Waals surface area contributed by atoms with E-state index in [1.54, 1.807) is 11.1 Å². The zero-order valence-electron chi connectivity index (χ0n) is 18.2. The second kappa shape index (κ2) is 7.23. The fourth-order valence-corrected chi connectivity index (χ4v) is 4.74. The van der Waals surface area contributed by atoms with Gasteiger partial charge in [-0.2, -0.15) is 4.98 Å². The van der Waals surface area contributed by atoms with Crippen LogP contribution in [0.4, 0.5) is 10.7 Å². The summed E-state index contributed by atoms with van der Waals surface area (Å²) in [5, 5.41) is 3.48. The van der Waals surface area contributed by atoms with E-state index >= 15 is 0 Å². The van der Waals surface area contributed by atoms with Gasteiger partial charge in [0.1, 0.15) is 11.2 Å². The summed E-state index contributed by atoms with van der Waals surface area (Å²) in [7, 11) is 0.